The van der Waals surface area contributed by atoms with E-state index in [9.17, 15) is 0 Å². The number of thiazole rings is 1. The zero-order valence-electron chi connectivity index (χ0n) is 13.8. The van der Waals surface area contributed by atoms with Gasteiger partial charge < -0.3 is 15.1 Å². The van der Waals surface area contributed by atoms with Gasteiger partial charge in [-0.05, 0) is 40.4 Å². The average Bonchev–Trinajstić information content (AvgIpc) is 2.77. The van der Waals surface area contributed by atoms with E-state index in [1.54, 1.807) is 11.3 Å². The number of nitrogens with one attached hydrogen (secondary N) is 1. The molecule has 0 aliphatic heterocycles. The summed E-state index contributed by atoms with van der Waals surface area (Å²) < 4.78 is 0. The van der Waals surface area contributed by atoms with E-state index in [1.807, 2.05) is 6.20 Å². The summed E-state index contributed by atoms with van der Waals surface area (Å²) in [4.78, 5) is 10.5. The van der Waals surface area contributed by atoms with Gasteiger partial charge in [-0.3, -0.25) is 0 Å². The molecular weight excluding hydrogens is 268 g/mol. The van der Waals surface area contributed by atoms with E-state index in [0.29, 0.717) is 12.0 Å². The summed E-state index contributed by atoms with van der Waals surface area (Å²) in [6, 6.07) is 0.484. The summed E-state index contributed by atoms with van der Waals surface area (Å²) in [5.74, 6) is 0.689. The van der Waals surface area contributed by atoms with Crippen molar-refractivity contribution in [1.82, 2.24) is 15.2 Å². The Hall–Kier alpha value is -0.650. The lowest BCUT2D eigenvalue weighted by Gasteiger charge is -2.29. The topological polar surface area (TPSA) is 31.4 Å². The number of aromatic nitrogens is 1. The smallest absolute Gasteiger partial charge is 0.185 e. The van der Waals surface area contributed by atoms with Gasteiger partial charge in [0.1, 0.15) is 0 Å². The van der Waals surface area contributed by atoms with Gasteiger partial charge in [-0.1, -0.05) is 13.8 Å². The van der Waals surface area contributed by atoms with Gasteiger partial charge in [0.2, 0.25) is 0 Å². The molecule has 0 aromatic carbocycles. The van der Waals surface area contributed by atoms with Crippen molar-refractivity contribution in [1.29, 1.82) is 0 Å². The molecule has 1 aromatic rings. The van der Waals surface area contributed by atoms with Crippen LogP contribution >= 0.6 is 11.3 Å². The summed E-state index contributed by atoms with van der Waals surface area (Å²) in [5, 5.41) is 4.62. The molecule has 1 heterocycles. The summed E-state index contributed by atoms with van der Waals surface area (Å²) >= 11 is 1.81. The van der Waals surface area contributed by atoms with Crippen LogP contribution in [0.2, 0.25) is 0 Å². The second kappa shape index (κ2) is 8.60. The third-order valence-electron chi connectivity index (χ3n) is 3.14. The molecule has 1 atom stereocenters. The third-order valence-corrected chi connectivity index (χ3v) is 4.18. The van der Waals surface area contributed by atoms with E-state index in [-0.39, 0.29) is 0 Å². The first-order valence-corrected chi connectivity index (χ1v) is 8.32. The molecule has 0 aliphatic rings. The summed E-state index contributed by atoms with van der Waals surface area (Å²) in [6.07, 6.45) is 2.01. The molecule has 0 saturated carbocycles. The molecule has 0 radical (unpaired) electrons. The highest BCUT2D eigenvalue weighted by Gasteiger charge is 2.16. The number of anilines is 1. The molecule has 0 fully saturated rings. The maximum absolute atomic E-state index is 4.60. The van der Waals surface area contributed by atoms with Crippen LogP contribution in [-0.2, 0) is 6.54 Å². The number of likely N-dealkylation sites (N-methyl/N-ethyl adjacent to an activating group) is 2. The van der Waals surface area contributed by atoms with E-state index >= 15 is 0 Å². The zero-order chi connectivity index (χ0) is 15.1. The second-order valence-corrected chi connectivity index (χ2v) is 7.12. The van der Waals surface area contributed by atoms with Crippen LogP contribution in [0.5, 0.6) is 0 Å². The summed E-state index contributed by atoms with van der Waals surface area (Å²) in [5.41, 5.74) is 0. The number of hydrogen-bond acceptors (Lipinski definition) is 5. The van der Waals surface area contributed by atoms with Crippen molar-refractivity contribution in [3.63, 3.8) is 0 Å². The van der Waals surface area contributed by atoms with Crippen LogP contribution in [0.3, 0.4) is 0 Å². The quantitative estimate of drug-likeness (QED) is 0.759. The molecule has 0 bridgehead atoms. The highest BCUT2D eigenvalue weighted by molar-refractivity contribution is 7.15. The second-order valence-electron chi connectivity index (χ2n) is 6.03. The maximum atomic E-state index is 4.60. The summed E-state index contributed by atoms with van der Waals surface area (Å²) in [6.45, 7) is 13.0. The minimum atomic E-state index is 0.484. The van der Waals surface area contributed by atoms with E-state index in [0.717, 1.165) is 31.3 Å². The SMILES string of the molecule is CCN(c1ncc(CNCC(C)C)s1)C(C)CN(C)C. The standard InChI is InChI=1S/C15H30N4S/c1-7-19(13(4)11-18(5)6)15-17-10-14(20-15)9-16-8-12(2)3/h10,12-13,16H,7-9,11H2,1-6H3. The molecule has 0 amide bonds. The molecular formula is C15H30N4S. The zero-order valence-corrected chi connectivity index (χ0v) is 14.6. The Kier molecular flexibility index (Phi) is 7.48. The first kappa shape index (κ1) is 17.4. The molecule has 1 unspecified atom stereocenters. The van der Waals surface area contributed by atoms with E-state index in [2.05, 4.69) is 61.9 Å². The maximum Gasteiger partial charge on any atom is 0.185 e. The van der Waals surface area contributed by atoms with E-state index in [1.165, 1.54) is 4.88 Å². The minimum absolute atomic E-state index is 0.484. The number of nitrogens with zero attached hydrogens (tertiary/aromatic N) is 3. The molecule has 1 aromatic heterocycles. The van der Waals surface area contributed by atoms with Crippen LogP contribution < -0.4 is 10.2 Å². The normalized spacial score (nSPS) is 13.2. The average molecular weight is 298 g/mol. The monoisotopic (exact) mass is 298 g/mol. The van der Waals surface area contributed by atoms with Crippen molar-refractivity contribution in [3.8, 4) is 0 Å². The first-order valence-electron chi connectivity index (χ1n) is 7.50. The molecule has 116 valence electrons. The first-order chi connectivity index (χ1) is 9.43. The fourth-order valence-corrected chi connectivity index (χ4v) is 3.30. The van der Waals surface area contributed by atoms with Crippen LogP contribution in [0, 0.1) is 5.92 Å². The van der Waals surface area contributed by atoms with Gasteiger partial charge in [0, 0.05) is 36.8 Å². The van der Waals surface area contributed by atoms with Crippen LogP contribution in [0.25, 0.3) is 0 Å². The van der Waals surface area contributed by atoms with E-state index < -0.39 is 0 Å². The lowest BCUT2D eigenvalue weighted by molar-refractivity contribution is 0.373. The highest BCUT2D eigenvalue weighted by atomic mass is 32.1. The van der Waals surface area contributed by atoms with Crippen molar-refractivity contribution < 1.29 is 0 Å². The summed E-state index contributed by atoms with van der Waals surface area (Å²) in [7, 11) is 4.24. The van der Waals surface area contributed by atoms with Crippen LogP contribution in [-0.4, -0.2) is 49.7 Å². The van der Waals surface area contributed by atoms with Crippen molar-refractivity contribution in [2.24, 2.45) is 5.92 Å². The lowest BCUT2D eigenvalue weighted by Crippen LogP contribution is -2.40. The Labute approximate surface area is 128 Å². The molecule has 4 nitrogen and oxygen atoms in total. The molecule has 0 spiro atoms. The van der Waals surface area contributed by atoms with Gasteiger partial charge in [0.15, 0.2) is 5.13 Å². The molecule has 0 saturated heterocycles. The van der Waals surface area contributed by atoms with Gasteiger partial charge in [0.05, 0.1) is 0 Å². The fourth-order valence-electron chi connectivity index (χ4n) is 2.26. The number of rotatable bonds is 9. The van der Waals surface area contributed by atoms with E-state index in [4.69, 9.17) is 0 Å². The largest absolute Gasteiger partial charge is 0.344 e. The van der Waals surface area contributed by atoms with Gasteiger partial charge in [-0.2, -0.15) is 0 Å². The Morgan fingerprint density at radius 2 is 2.00 bits per heavy atom. The van der Waals surface area contributed by atoms with Gasteiger partial charge in [-0.15, -0.1) is 11.3 Å². The Morgan fingerprint density at radius 3 is 2.55 bits per heavy atom. The van der Waals surface area contributed by atoms with Crippen molar-refractivity contribution >= 4 is 16.5 Å². The van der Waals surface area contributed by atoms with Gasteiger partial charge >= 0.3 is 0 Å². The van der Waals surface area contributed by atoms with Gasteiger partial charge in [-0.25, -0.2) is 4.98 Å². The molecule has 5 heteroatoms. The molecule has 1 rings (SSSR count). The van der Waals surface area contributed by atoms with Crippen LogP contribution in [0.15, 0.2) is 6.20 Å². The predicted molar refractivity (Wildman–Crippen MR) is 89.7 cm³/mol. The Morgan fingerprint density at radius 1 is 1.30 bits per heavy atom. The lowest BCUT2D eigenvalue weighted by atomic mass is 10.2. The third kappa shape index (κ3) is 5.77. The van der Waals surface area contributed by atoms with Crippen molar-refractivity contribution in [2.45, 2.75) is 40.3 Å². The molecule has 20 heavy (non-hydrogen) atoms. The predicted octanol–water partition coefficient (Wildman–Crippen LogP) is 2.67. The Balaban J connectivity index is 2.58. The molecule has 1 N–H and O–H groups in total. The van der Waals surface area contributed by atoms with Crippen molar-refractivity contribution in [3.05, 3.63) is 11.1 Å². The Bertz CT molecular complexity index is 376. The minimum Gasteiger partial charge on any atom is -0.344 e. The number of hydrogen-bond donors (Lipinski definition) is 1. The van der Waals surface area contributed by atoms with Crippen LogP contribution in [0.4, 0.5) is 5.13 Å². The van der Waals surface area contributed by atoms with Gasteiger partial charge in [0.25, 0.3) is 0 Å². The van der Waals surface area contributed by atoms with Crippen LogP contribution in [0.1, 0.15) is 32.6 Å². The highest BCUT2D eigenvalue weighted by Crippen LogP contribution is 2.24. The fraction of sp³-hybridized carbons (Fsp3) is 0.800. The molecule has 0 aliphatic carbocycles. The van der Waals surface area contributed by atoms with Crippen molar-refractivity contribution in [2.75, 3.05) is 38.6 Å².